The van der Waals surface area contributed by atoms with Gasteiger partial charge in [-0.25, -0.2) is 0 Å². The van der Waals surface area contributed by atoms with Gasteiger partial charge in [0.1, 0.15) is 13.2 Å². The molecule has 5 nitrogen and oxygen atoms in total. The van der Waals surface area contributed by atoms with Crippen LogP contribution in [0.2, 0.25) is 0 Å². The predicted octanol–water partition coefficient (Wildman–Crippen LogP) is 3.40. The van der Waals surface area contributed by atoms with E-state index >= 15 is 0 Å². The first-order chi connectivity index (χ1) is 12.2. The molecule has 0 atom stereocenters. The molecule has 1 N–H and O–H groups in total. The number of para-hydroxylation sites is 1. The Morgan fingerprint density at radius 1 is 1.12 bits per heavy atom. The van der Waals surface area contributed by atoms with Crippen molar-refractivity contribution in [2.45, 2.75) is 4.90 Å². The Morgan fingerprint density at radius 3 is 2.68 bits per heavy atom. The van der Waals surface area contributed by atoms with Crippen LogP contribution >= 0.6 is 11.8 Å². The van der Waals surface area contributed by atoms with Crippen LogP contribution in [0.25, 0.3) is 6.08 Å². The third kappa shape index (κ3) is 3.13. The molecular weight excluding hydrogens is 338 g/mol. The van der Waals surface area contributed by atoms with Crippen LogP contribution in [0.3, 0.4) is 0 Å². The summed E-state index contributed by atoms with van der Waals surface area (Å²) in [6.07, 6.45) is 2.60. The Morgan fingerprint density at radius 2 is 1.88 bits per heavy atom. The average Bonchev–Trinajstić information content (AvgIpc) is 2.66. The molecule has 1 amide bonds. The number of anilines is 1. The fraction of sp³-hybridized carbons (Fsp3) is 0.158. The van der Waals surface area contributed by atoms with Gasteiger partial charge in [0.25, 0.3) is 5.91 Å². The van der Waals surface area contributed by atoms with Gasteiger partial charge in [0.05, 0.1) is 5.69 Å². The molecule has 0 radical (unpaired) electrons. The summed E-state index contributed by atoms with van der Waals surface area (Å²) >= 11 is 1.58. The van der Waals surface area contributed by atoms with Crippen molar-refractivity contribution >= 4 is 35.7 Å². The second kappa shape index (κ2) is 6.64. The van der Waals surface area contributed by atoms with E-state index in [1.165, 1.54) is 0 Å². The number of fused-ring (bicyclic) bond motifs is 2. The molecule has 2 heterocycles. The van der Waals surface area contributed by atoms with Gasteiger partial charge in [0.2, 0.25) is 0 Å². The van der Waals surface area contributed by atoms with Crippen LogP contribution < -0.4 is 14.8 Å². The number of amides is 1. The van der Waals surface area contributed by atoms with E-state index in [2.05, 4.69) is 5.32 Å². The topological polar surface area (TPSA) is 64.6 Å². The Hall–Kier alpha value is -2.73. The van der Waals surface area contributed by atoms with E-state index in [0.717, 1.165) is 22.5 Å². The summed E-state index contributed by atoms with van der Waals surface area (Å²) in [5.41, 5.74) is 2.56. The van der Waals surface area contributed by atoms with Gasteiger partial charge < -0.3 is 14.8 Å². The zero-order chi connectivity index (χ0) is 17.2. The normalized spacial score (nSPS) is 15.0. The summed E-state index contributed by atoms with van der Waals surface area (Å²) < 4.78 is 11.2. The third-order valence-electron chi connectivity index (χ3n) is 4.02. The van der Waals surface area contributed by atoms with Crippen molar-refractivity contribution in [3.8, 4) is 11.5 Å². The first-order valence-electron chi connectivity index (χ1n) is 7.87. The minimum atomic E-state index is -0.206. The number of carbonyl (C=O) groups is 2. The van der Waals surface area contributed by atoms with Crippen LogP contribution in [0.5, 0.6) is 11.5 Å². The van der Waals surface area contributed by atoms with Crippen molar-refractivity contribution in [3.63, 3.8) is 0 Å². The molecule has 6 heteroatoms. The Bertz CT molecular complexity index is 891. The third-order valence-corrected chi connectivity index (χ3v) is 5.14. The minimum absolute atomic E-state index is 0.206. The molecule has 0 aliphatic carbocycles. The Labute approximate surface area is 149 Å². The molecule has 0 fully saturated rings. The van der Waals surface area contributed by atoms with Crippen LogP contribution in [0.15, 0.2) is 46.9 Å². The van der Waals surface area contributed by atoms with Crippen molar-refractivity contribution in [2.24, 2.45) is 0 Å². The molecule has 0 spiro atoms. The molecule has 2 aromatic rings. The first kappa shape index (κ1) is 15.8. The van der Waals surface area contributed by atoms with Gasteiger partial charge in [0.15, 0.2) is 17.8 Å². The molecule has 0 bridgehead atoms. The summed E-state index contributed by atoms with van der Waals surface area (Å²) in [6.45, 7) is 1.08. The molecule has 25 heavy (non-hydrogen) atoms. The highest BCUT2D eigenvalue weighted by atomic mass is 32.2. The lowest BCUT2D eigenvalue weighted by molar-refractivity contribution is -0.112. The lowest BCUT2D eigenvalue weighted by Crippen LogP contribution is -2.19. The van der Waals surface area contributed by atoms with Crippen molar-refractivity contribution in [1.29, 1.82) is 0 Å². The van der Waals surface area contributed by atoms with Gasteiger partial charge in [-0.1, -0.05) is 12.1 Å². The van der Waals surface area contributed by atoms with Gasteiger partial charge in [-0.15, -0.1) is 11.8 Å². The molecule has 0 saturated carbocycles. The number of thioether (sulfide) groups is 1. The molecule has 0 aromatic heterocycles. The number of hydrogen-bond acceptors (Lipinski definition) is 5. The van der Waals surface area contributed by atoms with Gasteiger partial charge in [-0.3, -0.25) is 9.59 Å². The lowest BCUT2D eigenvalue weighted by atomic mass is 10.1. The maximum absolute atomic E-state index is 12.6. The van der Waals surface area contributed by atoms with Crippen LogP contribution in [0, 0.1) is 0 Å². The van der Waals surface area contributed by atoms with Gasteiger partial charge in [-0.05, 0) is 35.9 Å². The highest BCUT2D eigenvalue weighted by molar-refractivity contribution is 7.99. The van der Waals surface area contributed by atoms with Gasteiger partial charge >= 0.3 is 0 Å². The molecule has 4 rings (SSSR count). The SMILES string of the molecule is O=Cc1ccccc1NC(=O)C1=Cc2cc3c(cc2SC1)OCCO3. The van der Waals surface area contributed by atoms with Gasteiger partial charge in [-0.2, -0.15) is 0 Å². The van der Waals surface area contributed by atoms with E-state index in [9.17, 15) is 9.59 Å². The summed E-state index contributed by atoms with van der Waals surface area (Å²) in [7, 11) is 0. The molecular formula is C19H15NO4S. The molecule has 0 unspecified atom stereocenters. The van der Waals surface area contributed by atoms with Gasteiger partial charge in [0, 0.05) is 21.8 Å². The number of hydrogen-bond donors (Lipinski definition) is 1. The number of aldehydes is 1. The maximum atomic E-state index is 12.6. The summed E-state index contributed by atoms with van der Waals surface area (Å²) in [4.78, 5) is 24.7. The fourth-order valence-corrected chi connectivity index (χ4v) is 3.76. The zero-order valence-electron chi connectivity index (χ0n) is 13.3. The highest BCUT2D eigenvalue weighted by Gasteiger charge is 2.21. The smallest absolute Gasteiger partial charge is 0.252 e. The molecule has 0 saturated heterocycles. The van der Waals surface area contributed by atoms with Crippen molar-refractivity contribution in [1.82, 2.24) is 0 Å². The fourth-order valence-electron chi connectivity index (χ4n) is 2.76. The van der Waals surface area contributed by atoms with Crippen LogP contribution in [-0.4, -0.2) is 31.2 Å². The second-order valence-corrected chi connectivity index (χ2v) is 6.67. The van der Waals surface area contributed by atoms with E-state index in [1.54, 1.807) is 36.0 Å². The zero-order valence-corrected chi connectivity index (χ0v) is 14.1. The summed E-state index contributed by atoms with van der Waals surface area (Å²) in [5.74, 6) is 1.80. The highest BCUT2D eigenvalue weighted by Crippen LogP contribution is 2.41. The van der Waals surface area contributed by atoms with E-state index in [-0.39, 0.29) is 5.91 Å². The van der Waals surface area contributed by atoms with Crippen LogP contribution in [-0.2, 0) is 4.79 Å². The van der Waals surface area contributed by atoms with E-state index in [0.29, 0.717) is 41.5 Å². The Balaban J connectivity index is 1.60. The first-order valence-corrected chi connectivity index (χ1v) is 8.86. The van der Waals surface area contributed by atoms with Crippen molar-refractivity contribution < 1.29 is 19.1 Å². The monoisotopic (exact) mass is 353 g/mol. The summed E-state index contributed by atoms with van der Waals surface area (Å²) in [5, 5.41) is 2.82. The van der Waals surface area contributed by atoms with Crippen LogP contribution in [0.1, 0.15) is 15.9 Å². The van der Waals surface area contributed by atoms with Crippen molar-refractivity contribution in [2.75, 3.05) is 24.3 Å². The van der Waals surface area contributed by atoms with Crippen LogP contribution in [0.4, 0.5) is 5.69 Å². The van der Waals surface area contributed by atoms with Crippen molar-refractivity contribution in [3.05, 3.63) is 53.1 Å². The lowest BCUT2D eigenvalue weighted by Gasteiger charge is -2.22. The van der Waals surface area contributed by atoms with E-state index < -0.39 is 0 Å². The largest absolute Gasteiger partial charge is 0.486 e. The number of rotatable bonds is 3. The quantitative estimate of drug-likeness (QED) is 0.857. The maximum Gasteiger partial charge on any atom is 0.252 e. The minimum Gasteiger partial charge on any atom is -0.486 e. The molecule has 2 aliphatic heterocycles. The number of nitrogens with one attached hydrogen (secondary N) is 1. The van der Waals surface area contributed by atoms with E-state index in [1.807, 2.05) is 18.2 Å². The molecule has 2 aromatic carbocycles. The predicted molar refractivity (Wildman–Crippen MR) is 96.6 cm³/mol. The molecule has 2 aliphatic rings. The summed E-state index contributed by atoms with van der Waals surface area (Å²) in [6, 6.07) is 10.8. The second-order valence-electron chi connectivity index (χ2n) is 5.65. The number of ether oxygens (including phenoxy) is 2. The number of benzene rings is 2. The molecule has 126 valence electrons. The Kier molecular flexibility index (Phi) is 4.19. The van der Waals surface area contributed by atoms with E-state index in [4.69, 9.17) is 9.47 Å². The standard InChI is InChI=1S/C19H15NO4S/c21-10-12-3-1-2-4-15(12)20-19(22)14-7-13-8-16-17(24-6-5-23-16)9-18(13)25-11-14/h1-4,7-10H,5-6,11H2,(H,20,22). The average molecular weight is 353 g/mol. The number of carbonyl (C=O) groups excluding carboxylic acids is 2.